The molecule has 0 aliphatic carbocycles. The van der Waals surface area contributed by atoms with Gasteiger partial charge in [-0.05, 0) is 0 Å². The van der Waals surface area contributed by atoms with Crippen molar-refractivity contribution in [1.82, 2.24) is 0 Å². The van der Waals surface area contributed by atoms with E-state index in [2.05, 4.69) is 0 Å². The van der Waals surface area contributed by atoms with Crippen molar-refractivity contribution in [3.8, 4) is 0 Å². The number of aliphatic carboxylic acids is 1. The molecule has 1 saturated heterocycles. The highest BCUT2D eigenvalue weighted by molar-refractivity contribution is 8.23. The average molecular weight is 149 g/mol. The summed E-state index contributed by atoms with van der Waals surface area (Å²) in [5.74, 6) is 0.0243. The number of carboxylic acids is 1. The number of thioether (sulfide) groups is 2. The Morgan fingerprint density at radius 3 is 2.88 bits per heavy atom. The van der Waals surface area contributed by atoms with E-state index in [0.29, 0.717) is 0 Å². The molecule has 1 atom stereocenters. The summed E-state index contributed by atoms with van der Waals surface area (Å²) >= 11 is 2.96. The summed E-state index contributed by atoms with van der Waals surface area (Å²) in [5, 5.41) is 10.0. The molecule has 1 aliphatic heterocycles. The van der Waals surface area contributed by atoms with Crippen LogP contribution in [0.2, 0.25) is 0 Å². The fraction of sp³-hybridized carbons (Fsp3) is 0.500. The Kier molecular flexibility index (Phi) is 2.08. The van der Waals surface area contributed by atoms with Gasteiger partial charge in [-0.25, -0.2) is 0 Å². The van der Waals surface area contributed by atoms with Gasteiger partial charge in [-0.15, -0.1) is 23.5 Å². The molecule has 0 spiro atoms. The zero-order chi connectivity index (χ0) is 5.98. The highest BCUT2D eigenvalue weighted by Gasteiger charge is 2.22. The molecule has 1 radical (unpaired) electrons. The quantitative estimate of drug-likeness (QED) is 0.604. The summed E-state index contributed by atoms with van der Waals surface area (Å²) in [6.45, 7) is 0. The molecule has 1 aliphatic rings. The number of rotatable bonds is 1. The second-order valence-electron chi connectivity index (χ2n) is 1.39. The van der Waals surface area contributed by atoms with Gasteiger partial charge in [-0.1, -0.05) is 0 Å². The monoisotopic (exact) mass is 149 g/mol. The molecule has 1 unspecified atom stereocenters. The Morgan fingerprint density at radius 1 is 1.88 bits per heavy atom. The summed E-state index contributed by atoms with van der Waals surface area (Å²) < 4.78 is 0. The van der Waals surface area contributed by atoms with Crippen LogP contribution in [0, 0.1) is 5.08 Å². The lowest BCUT2D eigenvalue weighted by Gasteiger charge is -1.95. The summed E-state index contributed by atoms with van der Waals surface area (Å²) in [6.07, 6.45) is 0. The molecule has 0 aromatic carbocycles. The first-order chi connectivity index (χ1) is 3.80. The maximum Gasteiger partial charge on any atom is 0.317 e. The second-order valence-corrected chi connectivity index (χ2v) is 3.67. The van der Waals surface area contributed by atoms with Crippen molar-refractivity contribution in [1.29, 1.82) is 0 Å². The minimum Gasteiger partial charge on any atom is -0.480 e. The Labute approximate surface area is 56.0 Å². The van der Waals surface area contributed by atoms with Crippen LogP contribution in [0.5, 0.6) is 0 Å². The van der Waals surface area contributed by atoms with Crippen LogP contribution in [0.15, 0.2) is 0 Å². The van der Waals surface area contributed by atoms with Gasteiger partial charge < -0.3 is 5.11 Å². The van der Waals surface area contributed by atoms with Crippen molar-refractivity contribution in [3.63, 3.8) is 0 Å². The first-order valence-corrected chi connectivity index (χ1v) is 4.11. The van der Waals surface area contributed by atoms with Gasteiger partial charge >= 0.3 is 5.97 Å². The molecular weight excluding hydrogens is 144 g/mol. The van der Waals surface area contributed by atoms with Gasteiger partial charge in [0.2, 0.25) is 0 Å². The molecule has 1 fully saturated rings. The number of carboxylic acid groups (broad SMARTS) is 1. The van der Waals surface area contributed by atoms with E-state index in [1.54, 1.807) is 11.8 Å². The van der Waals surface area contributed by atoms with Crippen molar-refractivity contribution in [3.05, 3.63) is 5.08 Å². The maximum atomic E-state index is 10.1. The van der Waals surface area contributed by atoms with Gasteiger partial charge in [-0.3, -0.25) is 4.79 Å². The molecule has 8 heavy (non-hydrogen) atoms. The number of carbonyl (C=O) groups is 1. The molecule has 0 saturated carbocycles. The lowest BCUT2D eigenvalue weighted by molar-refractivity contribution is -0.135. The van der Waals surface area contributed by atoms with E-state index in [-0.39, 0.29) is 5.25 Å². The van der Waals surface area contributed by atoms with Crippen molar-refractivity contribution in [2.24, 2.45) is 0 Å². The maximum absolute atomic E-state index is 10.1. The minimum atomic E-state index is -0.698. The summed E-state index contributed by atoms with van der Waals surface area (Å²) in [4.78, 5) is 10.1. The lowest BCUT2D eigenvalue weighted by atomic mass is 10.5. The van der Waals surface area contributed by atoms with Gasteiger partial charge in [0.15, 0.2) is 0 Å². The third-order valence-corrected chi connectivity index (χ3v) is 3.23. The molecule has 0 amide bonds. The predicted octanol–water partition coefficient (Wildman–Crippen LogP) is 1.04. The molecule has 1 heterocycles. The Hall–Kier alpha value is 0.170. The van der Waals surface area contributed by atoms with Crippen LogP contribution in [-0.4, -0.2) is 22.1 Å². The lowest BCUT2D eigenvalue weighted by Crippen LogP contribution is -2.14. The Bertz CT molecular complexity index is 98.2. The van der Waals surface area contributed by atoms with Crippen LogP contribution in [-0.2, 0) is 4.79 Å². The third kappa shape index (κ3) is 1.32. The van der Waals surface area contributed by atoms with Crippen molar-refractivity contribution in [2.45, 2.75) is 5.25 Å². The summed E-state index contributed by atoms with van der Waals surface area (Å²) in [6, 6.07) is 0. The van der Waals surface area contributed by atoms with Crippen LogP contribution in [0.4, 0.5) is 0 Å². The summed E-state index contributed by atoms with van der Waals surface area (Å²) in [7, 11) is 0. The van der Waals surface area contributed by atoms with Crippen LogP contribution < -0.4 is 0 Å². The third-order valence-electron chi connectivity index (χ3n) is 0.811. The molecule has 45 valence electrons. The normalized spacial score (nSPS) is 28.2. The zero-order valence-electron chi connectivity index (χ0n) is 4.03. The Morgan fingerprint density at radius 2 is 2.62 bits per heavy atom. The van der Waals surface area contributed by atoms with E-state index in [4.69, 9.17) is 5.11 Å². The van der Waals surface area contributed by atoms with E-state index < -0.39 is 5.97 Å². The van der Waals surface area contributed by atoms with Crippen molar-refractivity contribution >= 4 is 29.5 Å². The first kappa shape index (κ1) is 6.29. The van der Waals surface area contributed by atoms with Gasteiger partial charge in [0.1, 0.15) is 5.25 Å². The largest absolute Gasteiger partial charge is 0.480 e. The van der Waals surface area contributed by atoms with Crippen LogP contribution in [0.25, 0.3) is 0 Å². The predicted molar refractivity (Wildman–Crippen MR) is 35.8 cm³/mol. The molecule has 2 nitrogen and oxygen atoms in total. The van der Waals surface area contributed by atoms with Gasteiger partial charge in [0.05, 0.1) is 5.08 Å². The average Bonchev–Trinajstić information content (AvgIpc) is 2.12. The molecule has 0 bridgehead atoms. The second kappa shape index (κ2) is 2.64. The van der Waals surface area contributed by atoms with Gasteiger partial charge in [-0.2, -0.15) is 0 Å². The van der Waals surface area contributed by atoms with E-state index in [9.17, 15) is 4.79 Å². The first-order valence-electron chi connectivity index (χ1n) is 2.12. The van der Waals surface area contributed by atoms with E-state index in [0.717, 1.165) is 5.75 Å². The molecule has 0 aromatic heterocycles. The number of hydrogen-bond donors (Lipinski definition) is 1. The molecule has 1 rings (SSSR count). The standard InChI is InChI=1S/C4H5O2S2/c5-4(6)3-1-7-2-8-3/h2-3H,1H2,(H,5,6). The highest BCUT2D eigenvalue weighted by atomic mass is 32.2. The van der Waals surface area contributed by atoms with E-state index in [1.807, 2.05) is 5.08 Å². The summed E-state index contributed by atoms with van der Waals surface area (Å²) in [5.41, 5.74) is 0. The topological polar surface area (TPSA) is 37.3 Å². The van der Waals surface area contributed by atoms with Crippen LogP contribution in [0.1, 0.15) is 0 Å². The van der Waals surface area contributed by atoms with E-state index >= 15 is 0 Å². The van der Waals surface area contributed by atoms with Crippen LogP contribution in [0.3, 0.4) is 0 Å². The number of hydrogen-bond acceptors (Lipinski definition) is 3. The van der Waals surface area contributed by atoms with Crippen molar-refractivity contribution in [2.75, 3.05) is 5.75 Å². The fourth-order valence-corrected chi connectivity index (χ4v) is 2.55. The van der Waals surface area contributed by atoms with Gasteiger partial charge in [0.25, 0.3) is 0 Å². The fourth-order valence-electron chi connectivity index (χ4n) is 0.402. The molecule has 4 heteroatoms. The highest BCUT2D eigenvalue weighted by Crippen LogP contribution is 2.33. The SMILES string of the molecule is O=C(O)C1CS[CH]S1. The van der Waals surface area contributed by atoms with Crippen molar-refractivity contribution < 1.29 is 9.90 Å². The zero-order valence-corrected chi connectivity index (χ0v) is 5.67. The van der Waals surface area contributed by atoms with Crippen LogP contribution >= 0.6 is 23.5 Å². The van der Waals surface area contributed by atoms with E-state index in [1.165, 1.54) is 11.8 Å². The molecule has 1 N–H and O–H groups in total. The minimum absolute atomic E-state index is 0.194. The molecular formula is C4H5O2S2. The Balaban J connectivity index is 2.35. The van der Waals surface area contributed by atoms with Gasteiger partial charge in [0, 0.05) is 5.75 Å². The molecule has 0 aromatic rings. The smallest absolute Gasteiger partial charge is 0.317 e.